The fourth-order valence-electron chi connectivity index (χ4n) is 0.520. The van der Waals surface area contributed by atoms with Crippen LogP contribution < -0.4 is 5.30 Å². The topological polar surface area (TPSA) is 0 Å². The zero-order valence-electron chi connectivity index (χ0n) is 4.97. The van der Waals surface area contributed by atoms with Gasteiger partial charge in [-0.25, -0.2) is 4.39 Å². The van der Waals surface area contributed by atoms with Crippen molar-refractivity contribution in [1.29, 1.82) is 0 Å². The van der Waals surface area contributed by atoms with E-state index >= 15 is 0 Å². The lowest BCUT2D eigenvalue weighted by Crippen LogP contribution is -1.96. The van der Waals surface area contributed by atoms with Crippen LogP contribution in [-0.2, 0) is 0 Å². The second-order valence-corrected chi connectivity index (χ2v) is 2.67. The third-order valence-corrected chi connectivity index (χ3v) is 1.72. The molecule has 0 nitrogen and oxygen atoms in total. The Labute approximate surface area is 72.4 Å². The van der Waals surface area contributed by atoms with E-state index in [1.807, 2.05) is 0 Å². The molecule has 0 aliphatic heterocycles. The first-order valence-corrected chi connectivity index (χ1v) is 3.37. The van der Waals surface area contributed by atoms with Gasteiger partial charge in [-0.05, 0) is 6.07 Å². The lowest BCUT2D eigenvalue weighted by molar-refractivity contribution is 0.637. The Morgan fingerprint density at radius 3 is 2.40 bits per heavy atom. The quantitative estimate of drug-likeness (QED) is 0.562. The summed E-state index contributed by atoms with van der Waals surface area (Å²) in [5, 5.41) is 0.671. The van der Waals surface area contributed by atoms with E-state index in [1.165, 1.54) is 6.07 Å². The van der Waals surface area contributed by atoms with Crippen molar-refractivity contribution in [2.75, 3.05) is 0 Å². The Balaban J connectivity index is 0.000000810. The lowest BCUT2D eigenvalue weighted by atomic mass is 10.3. The summed E-state index contributed by atoms with van der Waals surface area (Å²) in [6.07, 6.45) is 0. The van der Waals surface area contributed by atoms with Gasteiger partial charge in [-0.2, -0.15) is 0 Å². The highest BCUT2D eigenvalue weighted by Crippen LogP contribution is 2.11. The van der Waals surface area contributed by atoms with E-state index in [0.717, 1.165) is 0 Å². The van der Waals surface area contributed by atoms with Gasteiger partial charge in [0.2, 0.25) is 0 Å². The van der Waals surface area contributed by atoms with Gasteiger partial charge in [0.05, 0.1) is 5.02 Å². The molecule has 0 radical (unpaired) electrons. The second kappa shape index (κ2) is 4.12. The summed E-state index contributed by atoms with van der Waals surface area (Å²) in [5.41, 5.74) is 0. The number of halogens is 3. The zero-order chi connectivity index (χ0) is 6.85. The highest BCUT2D eigenvalue weighted by atomic mass is 35.5. The van der Waals surface area contributed by atoms with Gasteiger partial charge in [-0.15, -0.1) is 21.6 Å². The third-order valence-electron chi connectivity index (χ3n) is 0.981. The normalized spacial score (nSPS) is 8.70. The molecule has 0 aromatic heterocycles. The van der Waals surface area contributed by atoms with Gasteiger partial charge >= 0.3 is 0 Å². The van der Waals surface area contributed by atoms with Crippen molar-refractivity contribution in [3.8, 4) is 0 Å². The SMILES string of the molecule is Cl.Fc1c(P)cccc1Cl. The minimum Gasteiger partial charge on any atom is -0.205 e. The molecule has 1 rings (SSSR count). The molecule has 0 spiro atoms. The molecule has 0 aliphatic rings. The maximum Gasteiger partial charge on any atom is 0.148 e. The summed E-state index contributed by atoms with van der Waals surface area (Å²) < 4.78 is 12.6. The van der Waals surface area contributed by atoms with Crippen LogP contribution in [0, 0.1) is 5.82 Å². The highest BCUT2D eigenvalue weighted by Gasteiger charge is 1.99. The van der Waals surface area contributed by atoms with Gasteiger partial charge in [0, 0.05) is 5.30 Å². The third kappa shape index (κ3) is 2.09. The van der Waals surface area contributed by atoms with Gasteiger partial charge in [0.1, 0.15) is 5.82 Å². The highest BCUT2D eigenvalue weighted by molar-refractivity contribution is 7.27. The summed E-state index contributed by atoms with van der Waals surface area (Å²) in [6, 6.07) is 4.87. The fourth-order valence-corrected chi connectivity index (χ4v) is 1.06. The molecule has 0 saturated carbocycles. The minimum absolute atomic E-state index is 0. The standard InChI is InChI=1S/C6H5ClFP.ClH/c7-4-2-1-3-5(9)6(4)8;/h1-3H,9H2;1H. The first-order chi connectivity index (χ1) is 4.22. The van der Waals surface area contributed by atoms with Gasteiger partial charge in [0.15, 0.2) is 0 Å². The Morgan fingerprint density at radius 2 is 2.00 bits per heavy atom. The average molecular weight is 199 g/mol. The molecule has 1 aromatic carbocycles. The molecule has 0 fully saturated rings. The predicted octanol–water partition coefficient (Wildman–Crippen LogP) is 2.40. The van der Waals surface area contributed by atoms with Crippen LogP contribution in [0.4, 0.5) is 4.39 Å². The van der Waals surface area contributed by atoms with Crippen LogP contribution in [0.1, 0.15) is 0 Å². The van der Waals surface area contributed by atoms with Crippen LogP contribution in [0.3, 0.4) is 0 Å². The van der Waals surface area contributed by atoms with Crippen LogP contribution in [-0.4, -0.2) is 0 Å². The molecule has 1 aromatic rings. The van der Waals surface area contributed by atoms with Crippen molar-refractivity contribution in [2.45, 2.75) is 0 Å². The van der Waals surface area contributed by atoms with Gasteiger partial charge in [0.25, 0.3) is 0 Å². The fraction of sp³-hybridized carbons (Fsp3) is 0. The van der Waals surface area contributed by atoms with Crippen molar-refractivity contribution >= 4 is 38.6 Å². The summed E-state index contributed by atoms with van der Waals surface area (Å²) in [4.78, 5) is 0. The molecular weight excluding hydrogens is 193 g/mol. The molecule has 0 bridgehead atoms. The van der Waals surface area contributed by atoms with E-state index in [9.17, 15) is 4.39 Å². The van der Waals surface area contributed by atoms with Crippen molar-refractivity contribution in [2.24, 2.45) is 0 Å². The van der Waals surface area contributed by atoms with E-state index in [1.54, 1.807) is 12.1 Å². The Kier molecular flexibility index (Phi) is 4.19. The molecule has 0 heterocycles. The molecule has 10 heavy (non-hydrogen) atoms. The molecule has 0 aliphatic carbocycles. The van der Waals surface area contributed by atoms with Crippen molar-refractivity contribution in [1.82, 2.24) is 0 Å². The van der Waals surface area contributed by atoms with Crippen LogP contribution in [0.25, 0.3) is 0 Å². The molecule has 0 amide bonds. The summed E-state index contributed by atoms with van der Waals surface area (Å²) in [6.45, 7) is 0. The zero-order valence-corrected chi connectivity index (χ0v) is 7.70. The van der Waals surface area contributed by atoms with Gasteiger partial charge in [-0.3, -0.25) is 0 Å². The van der Waals surface area contributed by atoms with Gasteiger partial charge in [-0.1, -0.05) is 23.7 Å². The largest absolute Gasteiger partial charge is 0.205 e. The minimum atomic E-state index is -0.357. The van der Waals surface area contributed by atoms with E-state index in [0.29, 0.717) is 5.30 Å². The summed E-state index contributed by atoms with van der Waals surface area (Å²) >= 11 is 5.43. The predicted molar refractivity (Wildman–Crippen MR) is 48.0 cm³/mol. The molecule has 0 saturated heterocycles. The van der Waals surface area contributed by atoms with Crippen LogP contribution in [0.15, 0.2) is 18.2 Å². The summed E-state index contributed by atoms with van der Waals surface area (Å²) in [7, 11) is 2.26. The number of benzene rings is 1. The smallest absolute Gasteiger partial charge is 0.148 e. The van der Waals surface area contributed by atoms with Crippen LogP contribution in [0.5, 0.6) is 0 Å². The Bertz CT molecular complexity index is 207. The summed E-state index contributed by atoms with van der Waals surface area (Å²) in [5.74, 6) is -0.357. The molecule has 1 atom stereocenters. The van der Waals surface area contributed by atoms with Crippen molar-refractivity contribution in [3.05, 3.63) is 29.0 Å². The average Bonchev–Trinajstić information content (AvgIpc) is 1.83. The molecular formula is C6H6Cl2FP. The van der Waals surface area contributed by atoms with E-state index in [-0.39, 0.29) is 23.2 Å². The maximum atomic E-state index is 12.6. The van der Waals surface area contributed by atoms with Crippen molar-refractivity contribution in [3.63, 3.8) is 0 Å². The van der Waals surface area contributed by atoms with E-state index in [2.05, 4.69) is 9.24 Å². The first-order valence-electron chi connectivity index (χ1n) is 2.41. The van der Waals surface area contributed by atoms with Crippen LogP contribution in [0.2, 0.25) is 5.02 Å². The molecule has 0 N–H and O–H groups in total. The Hall–Kier alpha value is 0.160. The van der Waals surface area contributed by atoms with Crippen LogP contribution >= 0.6 is 33.2 Å². The Morgan fingerprint density at radius 1 is 1.40 bits per heavy atom. The number of rotatable bonds is 0. The van der Waals surface area contributed by atoms with E-state index in [4.69, 9.17) is 11.6 Å². The van der Waals surface area contributed by atoms with Gasteiger partial charge < -0.3 is 0 Å². The molecule has 4 heteroatoms. The molecule has 1 unspecified atom stereocenters. The van der Waals surface area contributed by atoms with Crippen molar-refractivity contribution < 1.29 is 4.39 Å². The second-order valence-electron chi connectivity index (χ2n) is 1.64. The number of hydrogen-bond donors (Lipinski definition) is 0. The van der Waals surface area contributed by atoms with E-state index < -0.39 is 0 Å². The monoisotopic (exact) mass is 198 g/mol. The molecule has 56 valence electrons. The lowest BCUT2D eigenvalue weighted by Gasteiger charge is -1.94. The maximum absolute atomic E-state index is 12.6. The first kappa shape index (κ1) is 10.2. The number of hydrogen-bond acceptors (Lipinski definition) is 0.